The van der Waals surface area contributed by atoms with Crippen molar-refractivity contribution in [2.24, 2.45) is 0 Å². The Kier molecular flexibility index (Phi) is 100. The van der Waals surface area contributed by atoms with Gasteiger partial charge in [-0.15, -0.1) is 31.3 Å². The van der Waals surface area contributed by atoms with Crippen molar-refractivity contribution in [3.05, 3.63) is 146 Å². The molecular weight excluding hydrogens is 607 g/mol. The predicted octanol–water partition coefficient (Wildman–Crippen LogP) is 8.40. The van der Waals surface area contributed by atoms with E-state index in [9.17, 15) is 0 Å². The third-order valence-corrected chi connectivity index (χ3v) is 4.00. The fourth-order valence-electron chi connectivity index (χ4n) is 2.21. The number of aliphatic hydroxyl groups excluding tert-OH is 2. The van der Waals surface area contributed by atoms with Gasteiger partial charge in [0.05, 0.1) is 39.6 Å². The van der Waals surface area contributed by atoms with Gasteiger partial charge in [0.15, 0.2) is 0 Å². The molecule has 3 aromatic carbocycles. The van der Waals surface area contributed by atoms with E-state index in [1.165, 1.54) is 16.7 Å². The van der Waals surface area contributed by atoms with E-state index >= 15 is 0 Å². The zero-order chi connectivity index (χ0) is 29.8. The smallest absolute Gasteiger partial charge is 0.870 e. The van der Waals surface area contributed by atoms with E-state index in [4.69, 9.17) is 31.3 Å². The largest absolute Gasteiger partial charge is 1.00 e. The Morgan fingerprint density at radius 2 is 0.761 bits per heavy atom. The molecule has 0 atom stereocenters. The summed E-state index contributed by atoms with van der Waals surface area (Å²) < 4.78 is 11.1. The van der Waals surface area contributed by atoms with Gasteiger partial charge in [-0.25, -0.2) is 0 Å². The van der Waals surface area contributed by atoms with Crippen molar-refractivity contribution in [1.82, 2.24) is 0 Å². The second-order valence-corrected chi connectivity index (χ2v) is 7.63. The molecule has 264 valence electrons. The molecule has 0 amide bonds. The van der Waals surface area contributed by atoms with E-state index in [0.29, 0.717) is 32.3 Å². The first-order valence-corrected chi connectivity index (χ1v) is 13.3. The van der Waals surface area contributed by atoms with Gasteiger partial charge >= 0.3 is 29.6 Å². The van der Waals surface area contributed by atoms with Gasteiger partial charge in [0.1, 0.15) is 0 Å². The average Bonchev–Trinajstić information content (AvgIpc) is 2.98. The molecule has 0 unspecified atom stereocenters. The molecule has 3 aromatic rings. The standard InChI is InChI=1S/C16H18O2.C7H7Cl.3C3H6.C2H6O2.5CH4.Na.H2O/c1-3-7-15(8-4-1)13-17-11-12-18-14-16-9-5-2-6-10-16;8-6-7-4-2-1-3-5-7;3*1-3-2;3-1-2-4;;;;;;;/h1-10H,11-14H2;1-5H,6H2;3*3H,1H2,2H3;3-4H,1-2H2;5*1H4;;1H2/q;;;;;;;;;;;+1;/p-1. The summed E-state index contributed by atoms with van der Waals surface area (Å²) >= 11 is 5.53. The summed E-state index contributed by atoms with van der Waals surface area (Å²) in [6.07, 6.45) is 5.25. The molecule has 7 heteroatoms. The summed E-state index contributed by atoms with van der Waals surface area (Å²) in [6, 6.07) is 30.3. The molecule has 0 aliphatic rings. The van der Waals surface area contributed by atoms with E-state index in [1.807, 2.05) is 87.5 Å². The molecule has 0 saturated heterocycles. The average molecular weight is 677 g/mol. The van der Waals surface area contributed by atoms with Gasteiger partial charge in [-0.05, 0) is 37.5 Å². The molecule has 46 heavy (non-hydrogen) atoms. The van der Waals surface area contributed by atoms with Crippen LogP contribution in [0.25, 0.3) is 0 Å². The van der Waals surface area contributed by atoms with Crippen LogP contribution in [0.15, 0.2) is 129 Å². The maximum absolute atomic E-state index is 7.62. The number of hydrogen-bond acceptors (Lipinski definition) is 5. The number of alkyl halides is 1. The minimum Gasteiger partial charge on any atom is -0.870 e. The molecular formula is C39H70ClNaO5. The van der Waals surface area contributed by atoms with Gasteiger partial charge in [0, 0.05) is 5.88 Å². The second-order valence-electron chi connectivity index (χ2n) is 7.37. The van der Waals surface area contributed by atoms with Crippen LogP contribution in [-0.4, -0.2) is 42.1 Å². The summed E-state index contributed by atoms with van der Waals surface area (Å²) in [6.45, 7) is 18.1. The first-order chi connectivity index (χ1) is 19.0. The molecule has 3 rings (SSSR count). The summed E-state index contributed by atoms with van der Waals surface area (Å²) in [7, 11) is 0. The molecule has 0 saturated carbocycles. The van der Waals surface area contributed by atoms with E-state index in [-0.39, 0.29) is 85.4 Å². The summed E-state index contributed by atoms with van der Waals surface area (Å²) in [5, 5.41) is 15.2. The topological polar surface area (TPSA) is 88.9 Å². The zero-order valence-corrected chi connectivity index (χ0v) is 28.3. The van der Waals surface area contributed by atoms with Gasteiger partial charge in [-0.1, -0.05) is 146 Å². The molecule has 0 radical (unpaired) electrons. The van der Waals surface area contributed by atoms with E-state index in [2.05, 4.69) is 44.0 Å². The third kappa shape index (κ3) is 61.0. The van der Waals surface area contributed by atoms with Crippen LogP contribution in [0, 0.1) is 0 Å². The number of aliphatic hydroxyl groups is 2. The van der Waals surface area contributed by atoms with Gasteiger partial charge in [0.2, 0.25) is 0 Å². The minimum atomic E-state index is -0.125. The van der Waals surface area contributed by atoms with E-state index in [1.54, 1.807) is 18.2 Å². The summed E-state index contributed by atoms with van der Waals surface area (Å²) in [5.74, 6) is 0.612. The van der Waals surface area contributed by atoms with E-state index < -0.39 is 0 Å². The summed E-state index contributed by atoms with van der Waals surface area (Å²) in [4.78, 5) is 0. The Hall–Kier alpha value is -2.03. The molecule has 0 aliphatic heterocycles. The van der Waals surface area contributed by atoms with Crippen LogP contribution in [0.2, 0.25) is 0 Å². The van der Waals surface area contributed by atoms with Crippen molar-refractivity contribution in [3.8, 4) is 0 Å². The van der Waals surface area contributed by atoms with Crippen LogP contribution in [0.1, 0.15) is 74.6 Å². The minimum absolute atomic E-state index is 0. The van der Waals surface area contributed by atoms with Gasteiger partial charge < -0.3 is 25.2 Å². The van der Waals surface area contributed by atoms with Gasteiger partial charge in [0.25, 0.3) is 0 Å². The number of rotatable bonds is 9. The molecule has 0 aromatic heterocycles. The van der Waals surface area contributed by atoms with Crippen LogP contribution >= 0.6 is 11.6 Å². The molecule has 0 bridgehead atoms. The molecule has 0 fully saturated rings. The van der Waals surface area contributed by atoms with Crippen molar-refractivity contribution in [1.29, 1.82) is 0 Å². The number of hydrogen-bond donors (Lipinski definition) is 2. The Morgan fingerprint density at radius 3 is 0.935 bits per heavy atom. The molecule has 5 nitrogen and oxygen atoms in total. The molecule has 3 N–H and O–H groups in total. The fourth-order valence-corrected chi connectivity index (χ4v) is 2.39. The molecule has 0 aliphatic carbocycles. The molecule has 0 spiro atoms. The van der Waals surface area contributed by atoms with Crippen LogP contribution < -0.4 is 29.6 Å². The van der Waals surface area contributed by atoms with Crippen molar-refractivity contribution in [2.45, 2.75) is 77.0 Å². The van der Waals surface area contributed by atoms with Crippen molar-refractivity contribution >= 4 is 11.6 Å². The van der Waals surface area contributed by atoms with Gasteiger partial charge in [-0.2, -0.15) is 0 Å². The SMILES string of the molecule is C.C.C.C.C.C=CC.C=CC.C=CC.ClCc1ccccc1.OCCO.[Na+].[OH-].c1ccc(COCCOCc2ccccc2)cc1. The van der Waals surface area contributed by atoms with Crippen LogP contribution in [0.5, 0.6) is 0 Å². The van der Waals surface area contributed by atoms with Crippen LogP contribution in [0.3, 0.4) is 0 Å². The van der Waals surface area contributed by atoms with Crippen molar-refractivity contribution < 1.29 is 54.7 Å². The first kappa shape index (κ1) is 70.4. The second kappa shape index (κ2) is 65.6. The Labute approximate surface area is 313 Å². The maximum atomic E-state index is 7.62. The third-order valence-electron chi connectivity index (χ3n) is 3.69. The number of halogens is 1. The zero-order valence-electron chi connectivity index (χ0n) is 25.5. The summed E-state index contributed by atoms with van der Waals surface area (Å²) in [5.41, 5.74) is 3.57. The Morgan fingerprint density at radius 1 is 0.543 bits per heavy atom. The number of allylic oxidation sites excluding steroid dienone is 3. The first-order valence-electron chi connectivity index (χ1n) is 12.8. The Bertz CT molecular complexity index is 808. The Balaban J connectivity index is -0.0000000495. The quantitative estimate of drug-likeness (QED) is 0.103. The van der Waals surface area contributed by atoms with Crippen LogP contribution in [-0.2, 0) is 28.6 Å². The van der Waals surface area contributed by atoms with Crippen molar-refractivity contribution in [2.75, 3.05) is 26.4 Å². The number of ether oxygens (including phenoxy) is 2. The fraction of sp³-hybridized carbons (Fsp3) is 0.385. The monoisotopic (exact) mass is 676 g/mol. The number of benzene rings is 3. The van der Waals surface area contributed by atoms with Crippen LogP contribution in [0.4, 0.5) is 0 Å². The molecule has 0 heterocycles. The van der Waals surface area contributed by atoms with Crippen molar-refractivity contribution in [3.63, 3.8) is 0 Å². The van der Waals surface area contributed by atoms with Gasteiger partial charge in [-0.3, -0.25) is 0 Å². The maximum Gasteiger partial charge on any atom is 1.00 e. The van der Waals surface area contributed by atoms with E-state index in [0.717, 1.165) is 0 Å². The predicted molar refractivity (Wildman–Crippen MR) is 206 cm³/mol. The normalized spacial score (nSPS) is 7.17.